The summed E-state index contributed by atoms with van der Waals surface area (Å²) in [5, 5.41) is 9.31. The number of rotatable bonds is 0. The highest BCUT2D eigenvalue weighted by Crippen LogP contribution is 2.30. The van der Waals surface area contributed by atoms with Crippen molar-refractivity contribution in [3.05, 3.63) is 33.5 Å². The predicted octanol–water partition coefficient (Wildman–Crippen LogP) is 2.05. The molecule has 12 heavy (non-hydrogen) atoms. The van der Waals surface area contributed by atoms with Crippen LogP contribution in [0.2, 0.25) is 0 Å². The number of hydrogen-bond donors (Lipinski definition) is 1. The summed E-state index contributed by atoms with van der Waals surface area (Å²) in [7, 11) is 0. The molecule has 64 valence electrons. The molecule has 0 saturated heterocycles. The largest absolute Gasteiger partial charge is 0.392 e. The van der Waals surface area contributed by atoms with Gasteiger partial charge in [-0.3, -0.25) is 0 Å². The van der Waals surface area contributed by atoms with Crippen LogP contribution in [0.1, 0.15) is 11.1 Å². The molecule has 2 rings (SSSR count). The summed E-state index contributed by atoms with van der Waals surface area (Å²) < 4.78 is 14.0. The minimum atomic E-state index is -0.409. The number of aliphatic hydroxyl groups excluding tert-OH is 1. The number of hydrogen-bond acceptors (Lipinski definition) is 1. The molecule has 0 saturated carbocycles. The second-order valence-electron chi connectivity index (χ2n) is 3.05. The zero-order valence-electron chi connectivity index (χ0n) is 6.35. The van der Waals surface area contributed by atoms with Gasteiger partial charge < -0.3 is 5.11 Å². The van der Waals surface area contributed by atoms with Crippen molar-refractivity contribution in [2.45, 2.75) is 18.9 Å². The van der Waals surface area contributed by atoms with Crippen LogP contribution in [-0.2, 0) is 12.8 Å². The normalized spacial score (nSPS) is 21.1. The van der Waals surface area contributed by atoms with Gasteiger partial charge in [0.15, 0.2) is 0 Å². The van der Waals surface area contributed by atoms with E-state index in [1.807, 2.05) is 0 Å². The van der Waals surface area contributed by atoms with Crippen LogP contribution in [0.5, 0.6) is 0 Å². The lowest BCUT2D eigenvalue weighted by atomic mass is 10.1. The third-order valence-corrected chi connectivity index (χ3v) is 2.94. The van der Waals surface area contributed by atoms with Crippen LogP contribution in [0.3, 0.4) is 0 Å². The molecule has 0 heterocycles. The molecule has 1 aromatic carbocycles. The van der Waals surface area contributed by atoms with Gasteiger partial charge in [0.05, 0.1) is 6.10 Å². The fourth-order valence-corrected chi connectivity index (χ4v) is 2.15. The zero-order chi connectivity index (χ0) is 8.72. The molecule has 1 aliphatic rings. The average Bonchev–Trinajstić information content (AvgIpc) is 2.41. The van der Waals surface area contributed by atoms with E-state index in [0.717, 1.165) is 10.0 Å². The Morgan fingerprint density at radius 2 is 2.00 bits per heavy atom. The molecule has 1 unspecified atom stereocenters. The summed E-state index contributed by atoms with van der Waals surface area (Å²) in [6, 6.07) is 3.12. The molecule has 1 atom stereocenters. The van der Waals surface area contributed by atoms with Gasteiger partial charge in [0.2, 0.25) is 0 Å². The van der Waals surface area contributed by atoms with Crippen molar-refractivity contribution >= 4 is 15.9 Å². The van der Waals surface area contributed by atoms with Gasteiger partial charge in [-0.25, -0.2) is 4.39 Å². The number of halogens is 2. The Morgan fingerprint density at radius 1 is 1.33 bits per heavy atom. The highest BCUT2D eigenvalue weighted by atomic mass is 79.9. The molecule has 0 bridgehead atoms. The van der Waals surface area contributed by atoms with Gasteiger partial charge in [-0.1, -0.05) is 15.9 Å². The molecule has 1 aliphatic carbocycles. The predicted molar refractivity (Wildman–Crippen MR) is 47.5 cm³/mol. The third kappa shape index (κ3) is 1.17. The Kier molecular flexibility index (Phi) is 1.93. The first-order chi connectivity index (χ1) is 5.68. The van der Waals surface area contributed by atoms with E-state index in [9.17, 15) is 9.50 Å². The van der Waals surface area contributed by atoms with E-state index in [4.69, 9.17) is 0 Å². The minimum Gasteiger partial charge on any atom is -0.392 e. The Morgan fingerprint density at radius 3 is 2.67 bits per heavy atom. The summed E-state index contributed by atoms with van der Waals surface area (Å²) in [6.45, 7) is 0. The first-order valence-electron chi connectivity index (χ1n) is 3.82. The van der Waals surface area contributed by atoms with Crippen molar-refractivity contribution in [3.63, 3.8) is 0 Å². The average molecular weight is 231 g/mol. The van der Waals surface area contributed by atoms with Crippen LogP contribution in [-0.4, -0.2) is 11.2 Å². The van der Waals surface area contributed by atoms with Gasteiger partial charge in [-0.15, -0.1) is 0 Å². The maximum Gasteiger partial charge on any atom is 0.126 e. The van der Waals surface area contributed by atoms with Crippen molar-refractivity contribution < 1.29 is 9.50 Å². The number of benzene rings is 1. The molecule has 0 aliphatic heterocycles. The van der Waals surface area contributed by atoms with Gasteiger partial charge >= 0.3 is 0 Å². The third-order valence-electron chi connectivity index (χ3n) is 2.20. The molecule has 1 aromatic rings. The Labute approximate surface area is 78.3 Å². The highest BCUT2D eigenvalue weighted by Gasteiger charge is 2.24. The molecule has 1 nitrogen and oxygen atoms in total. The minimum absolute atomic E-state index is 0.204. The van der Waals surface area contributed by atoms with Crippen LogP contribution in [0.15, 0.2) is 16.6 Å². The van der Waals surface area contributed by atoms with E-state index in [-0.39, 0.29) is 5.82 Å². The lowest BCUT2D eigenvalue weighted by Gasteiger charge is -2.01. The molecule has 1 N–H and O–H groups in total. The van der Waals surface area contributed by atoms with E-state index in [0.29, 0.717) is 18.4 Å². The zero-order valence-corrected chi connectivity index (χ0v) is 7.94. The fourth-order valence-electron chi connectivity index (χ4n) is 1.62. The van der Waals surface area contributed by atoms with E-state index in [2.05, 4.69) is 15.9 Å². The molecular weight excluding hydrogens is 223 g/mol. The lowest BCUT2D eigenvalue weighted by Crippen LogP contribution is -2.03. The molecule has 0 radical (unpaired) electrons. The van der Waals surface area contributed by atoms with Crippen molar-refractivity contribution in [2.75, 3.05) is 0 Å². The van der Waals surface area contributed by atoms with Gasteiger partial charge in [-0.2, -0.15) is 0 Å². The molecule has 0 fully saturated rings. The van der Waals surface area contributed by atoms with Crippen molar-refractivity contribution in [1.82, 2.24) is 0 Å². The van der Waals surface area contributed by atoms with Crippen molar-refractivity contribution in [3.8, 4) is 0 Å². The van der Waals surface area contributed by atoms with E-state index in [1.54, 1.807) is 6.07 Å². The second-order valence-corrected chi connectivity index (χ2v) is 3.90. The lowest BCUT2D eigenvalue weighted by molar-refractivity contribution is 0.186. The Balaban J connectivity index is 2.56. The number of fused-ring (bicyclic) bond motifs is 1. The first-order valence-corrected chi connectivity index (χ1v) is 4.61. The summed E-state index contributed by atoms with van der Waals surface area (Å²) in [5.74, 6) is -0.204. The summed E-state index contributed by atoms with van der Waals surface area (Å²) >= 11 is 3.33. The fraction of sp³-hybridized carbons (Fsp3) is 0.333. The van der Waals surface area contributed by atoms with Crippen LogP contribution in [0.4, 0.5) is 4.39 Å². The maximum atomic E-state index is 13.1. The molecular formula is C9H8BrFO. The van der Waals surface area contributed by atoms with E-state index < -0.39 is 6.10 Å². The van der Waals surface area contributed by atoms with Crippen molar-refractivity contribution in [2.24, 2.45) is 0 Å². The monoisotopic (exact) mass is 230 g/mol. The van der Waals surface area contributed by atoms with E-state index in [1.165, 1.54) is 6.07 Å². The van der Waals surface area contributed by atoms with Gasteiger partial charge in [0, 0.05) is 17.3 Å². The topological polar surface area (TPSA) is 20.2 Å². The maximum absolute atomic E-state index is 13.1. The van der Waals surface area contributed by atoms with Gasteiger partial charge in [0.25, 0.3) is 0 Å². The van der Waals surface area contributed by atoms with Gasteiger partial charge in [-0.05, 0) is 23.3 Å². The summed E-state index contributed by atoms with van der Waals surface area (Å²) in [5.41, 5.74) is 1.58. The van der Waals surface area contributed by atoms with E-state index >= 15 is 0 Å². The van der Waals surface area contributed by atoms with Gasteiger partial charge in [0.1, 0.15) is 5.82 Å². The highest BCUT2D eigenvalue weighted by molar-refractivity contribution is 9.10. The number of aliphatic hydroxyl groups is 1. The SMILES string of the molecule is OC1Cc2c(F)ccc(Br)c2C1. The smallest absolute Gasteiger partial charge is 0.126 e. The van der Waals surface area contributed by atoms with Crippen LogP contribution >= 0.6 is 15.9 Å². The van der Waals surface area contributed by atoms with Crippen molar-refractivity contribution in [1.29, 1.82) is 0 Å². The summed E-state index contributed by atoms with van der Waals surface area (Å²) in [4.78, 5) is 0. The molecule has 0 aromatic heterocycles. The Hall–Kier alpha value is -0.410. The quantitative estimate of drug-likeness (QED) is 0.724. The molecule has 0 spiro atoms. The molecule has 0 amide bonds. The standard InChI is InChI=1S/C9H8BrFO/c10-8-1-2-9(11)7-4-5(12)3-6(7)8/h1-2,5,12H,3-4H2. The summed E-state index contributed by atoms with van der Waals surface area (Å²) in [6.07, 6.45) is 0.599. The second kappa shape index (κ2) is 2.82. The molecule has 3 heteroatoms. The van der Waals surface area contributed by atoms with Crippen LogP contribution < -0.4 is 0 Å². The van der Waals surface area contributed by atoms with Crippen LogP contribution in [0.25, 0.3) is 0 Å². The Bertz CT molecular complexity index is 294. The first kappa shape index (κ1) is 8.20. The van der Waals surface area contributed by atoms with Crippen LogP contribution in [0, 0.1) is 5.82 Å².